The maximum Gasteiger partial charge on any atom is 0.408 e. The Labute approximate surface area is 177 Å². The minimum atomic E-state index is -0.991. The van der Waals surface area contributed by atoms with Crippen LogP contribution in [0.4, 0.5) is 4.79 Å². The molecule has 0 spiro atoms. The van der Waals surface area contributed by atoms with Crippen molar-refractivity contribution in [3.05, 3.63) is 77.9 Å². The molecular weight excluding hydrogens is 402 g/mol. The predicted molar refractivity (Wildman–Crippen MR) is 111 cm³/mol. The number of hydrazone groups is 1. The SMILES string of the molecule is O=C(N[C@H](Cc1cnc[nH]1)C(=O)N/N=C\c1ccc(O)cc1O)OCc1ccccc1. The molecule has 0 aliphatic heterocycles. The number of hydrogen-bond donors (Lipinski definition) is 5. The Morgan fingerprint density at radius 2 is 2.00 bits per heavy atom. The van der Waals surface area contributed by atoms with Crippen LogP contribution in [0.25, 0.3) is 0 Å². The van der Waals surface area contributed by atoms with Crippen LogP contribution >= 0.6 is 0 Å². The Morgan fingerprint density at radius 3 is 2.71 bits per heavy atom. The maximum atomic E-state index is 12.6. The van der Waals surface area contributed by atoms with Gasteiger partial charge in [-0.3, -0.25) is 4.79 Å². The fourth-order valence-corrected chi connectivity index (χ4v) is 2.62. The average molecular weight is 423 g/mol. The molecule has 160 valence electrons. The molecule has 31 heavy (non-hydrogen) atoms. The highest BCUT2D eigenvalue weighted by atomic mass is 16.5. The van der Waals surface area contributed by atoms with Crippen molar-refractivity contribution >= 4 is 18.2 Å². The van der Waals surface area contributed by atoms with Crippen LogP contribution in [0.15, 0.2) is 66.2 Å². The van der Waals surface area contributed by atoms with E-state index in [1.807, 2.05) is 30.3 Å². The van der Waals surface area contributed by atoms with Gasteiger partial charge in [0.15, 0.2) is 0 Å². The van der Waals surface area contributed by atoms with Gasteiger partial charge >= 0.3 is 6.09 Å². The number of rotatable bonds is 8. The zero-order valence-corrected chi connectivity index (χ0v) is 16.4. The second kappa shape index (κ2) is 10.4. The van der Waals surface area contributed by atoms with Crippen LogP contribution in [0, 0.1) is 0 Å². The maximum absolute atomic E-state index is 12.6. The van der Waals surface area contributed by atoms with Gasteiger partial charge in [0, 0.05) is 29.9 Å². The van der Waals surface area contributed by atoms with E-state index in [0.29, 0.717) is 11.3 Å². The lowest BCUT2D eigenvalue weighted by Gasteiger charge is -2.16. The number of alkyl carbamates (subject to hydrolysis) is 1. The number of hydrogen-bond acceptors (Lipinski definition) is 7. The molecule has 0 bridgehead atoms. The lowest BCUT2D eigenvalue weighted by molar-refractivity contribution is -0.123. The number of nitrogens with one attached hydrogen (secondary N) is 3. The summed E-state index contributed by atoms with van der Waals surface area (Å²) in [6.45, 7) is 0.0589. The molecule has 2 amide bonds. The zero-order valence-electron chi connectivity index (χ0n) is 16.4. The quantitative estimate of drug-likeness (QED) is 0.276. The molecule has 3 aromatic rings. The Bertz CT molecular complexity index is 1040. The first-order valence-electron chi connectivity index (χ1n) is 9.30. The minimum absolute atomic E-state index is 0.0589. The zero-order chi connectivity index (χ0) is 22.1. The van der Waals surface area contributed by atoms with E-state index in [2.05, 4.69) is 25.8 Å². The molecule has 0 unspecified atom stereocenters. The molecule has 0 saturated heterocycles. The van der Waals surface area contributed by atoms with Gasteiger partial charge in [-0.05, 0) is 17.7 Å². The van der Waals surface area contributed by atoms with E-state index >= 15 is 0 Å². The van der Waals surface area contributed by atoms with Gasteiger partial charge in [0.1, 0.15) is 24.1 Å². The third-order valence-electron chi connectivity index (χ3n) is 4.19. The lowest BCUT2D eigenvalue weighted by atomic mass is 10.1. The molecule has 2 aromatic carbocycles. The van der Waals surface area contributed by atoms with Crippen molar-refractivity contribution in [3.8, 4) is 11.5 Å². The Kier molecular flexibility index (Phi) is 7.20. The summed E-state index contributed by atoms with van der Waals surface area (Å²) in [6.07, 6.45) is 3.59. The average Bonchev–Trinajstić information content (AvgIpc) is 3.27. The number of nitrogens with zero attached hydrogens (tertiary/aromatic N) is 2. The van der Waals surface area contributed by atoms with Crippen LogP contribution in [0.5, 0.6) is 11.5 Å². The summed E-state index contributed by atoms with van der Waals surface area (Å²) in [5.74, 6) is -0.896. The van der Waals surface area contributed by atoms with E-state index in [-0.39, 0.29) is 24.5 Å². The topological polar surface area (TPSA) is 149 Å². The van der Waals surface area contributed by atoms with Gasteiger partial charge in [0.05, 0.1) is 12.5 Å². The molecule has 0 fully saturated rings. The van der Waals surface area contributed by atoms with Crippen LogP contribution in [0.2, 0.25) is 0 Å². The second-order valence-electron chi connectivity index (χ2n) is 6.52. The van der Waals surface area contributed by atoms with Gasteiger partial charge in [0.2, 0.25) is 0 Å². The van der Waals surface area contributed by atoms with Gasteiger partial charge < -0.3 is 25.3 Å². The highest BCUT2D eigenvalue weighted by Gasteiger charge is 2.22. The first kappa shape index (κ1) is 21.4. The van der Waals surface area contributed by atoms with Crippen molar-refractivity contribution in [1.82, 2.24) is 20.7 Å². The minimum Gasteiger partial charge on any atom is -0.508 e. The number of aromatic amines is 1. The van der Waals surface area contributed by atoms with Gasteiger partial charge in [-0.25, -0.2) is 15.2 Å². The Balaban J connectivity index is 1.61. The van der Waals surface area contributed by atoms with Crippen LogP contribution in [0.3, 0.4) is 0 Å². The number of aromatic nitrogens is 2. The summed E-state index contributed by atoms with van der Waals surface area (Å²) in [5.41, 5.74) is 4.05. The highest BCUT2D eigenvalue weighted by Crippen LogP contribution is 2.20. The fraction of sp³-hybridized carbons (Fsp3) is 0.143. The number of carbonyl (C=O) groups excluding carboxylic acids is 2. The summed E-state index contributed by atoms with van der Waals surface area (Å²) in [4.78, 5) is 31.5. The predicted octanol–water partition coefficient (Wildman–Crippen LogP) is 1.81. The summed E-state index contributed by atoms with van der Waals surface area (Å²) < 4.78 is 5.18. The smallest absolute Gasteiger partial charge is 0.408 e. The molecule has 1 atom stereocenters. The molecule has 10 heteroatoms. The number of amides is 2. The van der Waals surface area contributed by atoms with Gasteiger partial charge in [0.25, 0.3) is 5.91 Å². The Morgan fingerprint density at radius 1 is 1.19 bits per heavy atom. The largest absolute Gasteiger partial charge is 0.508 e. The van der Waals surface area contributed by atoms with Crippen molar-refractivity contribution in [2.75, 3.05) is 0 Å². The van der Waals surface area contributed by atoms with Crippen LogP contribution in [-0.4, -0.2) is 44.4 Å². The number of ether oxygens (including phenoxy) is 1. The van der Waals surface area contributed by atoms with Crippen molar-refractivity contribution < 1.29 is 24.5 Å². The summed E-state index contributed by atoms with van der Waals surface area (Å²) >= 11 is 0. The monoisotopic (exact) mass is 423 g/mol. The number of phenols is 2. The molecule has 0 saturated carbocycles. The number of H-pyrrole nitrogens is 1. The lowest BCUT2D eigenvalue weighted by Crippen LogP contribution is -2.47. The number of benzene rings is 2. The van der Waals surface area contributed by atoms with Crippen molar-refractivity contribution in [2.24, 2.45) is 5.10 Å². The van der Waals surface area contributed by atoms with Gasteiger partial charge in [-0.1, -0.05) is 30.3 Å². The normalized spacial score (nSPS) is 11.7. The first-order chi connectivity index (χ1) is 15.0. The Hall–Kier alpha value is -4.34. The molecule has 0 aliphatic rings. The fourth-order valence-electron chi connectivity index (χ4n) is 2.62. The van der Waals surface area contributed by atoms with E-state index in [0.717, 1.165) is 11.6 Å². The van der Waals surface area contributed by atoms with Crippen LogP contribution in [0.1, 0.15) is 16.8 Å². The van der Waals surface area contributed by atoms with E-state index in [1.165, 1.54) is 30.9 Å². The van der Waals surface area contributed by atoms with Crippen molar-refractivity contribution in [3.63, 3.8) is 0 Å². The molecule has 5 N–H and O–H groups in total. The highest BCUT2D eigenvalue weighted by molar-refractivity contribution is 5.88. The second-order valence-corrected chi connectivity index (χ2v) is 6.52. The first-order valence-corrected chi connectivity index (χ1v) is 9.30. The number of phenolic OH excluding ortho intramolecular Hbond substituents is 2. The number of aromatic hydroxyl groups is 2. The van der Waals surface area contributed by atoms with Crippen LogP contribution in [-0.2, 0) is 22.6 Å². The van der Waals surface area contributed by atoms with Crippen LogP contribution < -0.4 is 10.7 Å². The third-order valence-corrected chi connectivity index (χ3v) is 4.19. The molecular formula is C21H21N5O5. The van der Waals surface area contributed by atoms with E-state index in [1.54, 1.807) is 0 Å². The molecule has 10 nitrogen and oxygen atoms in total. The van der Waals surface area contributed by atoms with E-state index < -0.39 is 18.0 Å². The number of carbonyl (C=O) groups is 2. The summed E-state index contributed by atoms with van der Waals surface area (Å²) in [6, 6.07) is 12.1. The summed E-state index contributed by atoms with van der Waals surface area (Å²) in [7, 11) is 0. The van der Waals surface area contributed by atoms with Crippen molar-refractivity contribution in [2.45, 2.75) is 19.1 Å². The van der Waals surface area contributed by atoms with E-state index in [9.17, 15) is 19.8 Å². The van der Waals surface area contributed by atoms with Gasteiger partial charge in [-0.2, -0.15) is 5.10 Å². The third kappa shape index (κ3) is 6.60. The van der Waals surface area contributed by atoms with Crippen molar-refractivity contribution in [1.29, 1.82) is 0 Å². The summed E-state index contributed by atoms with van der Waals surface area (Å²) in [5, 5.41) is 25.4. The standard InChI is InChI=1S/C21H21N5O5/c27-17-7-6-15(19(28)9-17)10-24-26-20(29)18(8-16-11-22-13-23-16)25-21(30)31-12-14-4-2-1-3-5-14/h1-7,9-11,13,18,27-28H,8,12H2,(H,22,23)(H,25,30)(H,26,29)/b24-10-/t18-/m1/s1. The van der Waals surface area contributed by atoms with E-state index in [4.69, 9.17) is 4.74 Å². The molecule has 0 aliphatic carbocycles. The number of imidazole rings is 1. The molecule has 0 radical (unpaired) electrons. The molecule has 1 heterocycles. The van der Waals surface area contributed by atoms with Gasteiger partial charge in [-0.15, -0.1) is 0 Å². The molecule has 1 aromatic heterocycles. The molecule has 3 rings (SSSR count).